The van der Waals surface area contributed by atoms with Crippen molar-refractivity contribution in [2.75, 3.05) is 7.11 Å². The van der Waals surface area contributed by atoms with Gasteiger partial charge in [-0.05, 0) is 24.1 Å². The van der Waals surface area contributed by atoms with Crippen LogP contribution >= 0.6 is 0 Å². The Labute approximate surface area is 116 Å². The molecule has 5 heteroatoms. The molecule has 2 atom stereocenters. The highest BCUT2D eigenvalue weighted by Crippen LogP contribution is 2.31. The molecular weight excluding hydrogens is 256 g/mol. The molecule has 2 aromatic rings. The summed E-state index contributed by atoms with van der Waals surface area (Å²) in [6.07, 6.45) is 2.33. The average Bonchev–Trinajstić information content (AvgIpc) is 2.86. The number of nitrogens with one attached hydrogen (secondary N) is 2. The lowest BCUT2D eigenvalue weighted by atomic mass is 9.90. The number of aromatic amines is 1. The van der Waals surface area contributed by atoms with E-state index in [4.69, 9.17) is 4.74 Å². The number of hydrogen-bond acceptors (Lipinski definition) is 3. The van der Waals surface area contributed by atoms with Crippen molar-refractivity contribution in [2.24, 2.45) is 0 Å². The predicted octanol–water partition coefficient (Wildman–Crippen LogP) is 1.49. The molecule has 2 unspecified atom stereocenters. The van der Waals surface area contributed by atoms with Gasteiger partial charge in [0.15, 0.2) is 0 Å². The molecule has 0 radical (unpaired) electrons. The first-order valence-electron chi connectivity index (χ1n) is 6.59. The molecule has 104 valence electrons. The molecule has 2 heterocycles. The maximum atomic E-state index is 12.2. The van der Waals surface area contributed by atoms with E-state index in [1.807, 2.05) is 31.3 Å². The van der Waals surface area contributed by atoms with Crippen LogP contribution in [0.25, 0.3) is 10.9 Å². The van der Waals surface area contributed by atoms with Gasteiger partial charge >= 0.3 is 5.97 Å². The lowest BCUT2D eigenvalue weighted by molar-refractivity contribution is -0.145. The Kier molecular flexibility index (Phi) is 2.97. The van der Waals surface area contributed by atoms with Crippen LogP contribution in [-0.2, 0) is 20.7 Å². The fourth-order valence-corrected chi connectivity index (χ4v) is 2.80. The van der Waals surface area contributed by atoms with E-state index in [0.29, 0.717) is 6.42 Å². The van der Waals surface area contributed by atoms with Crippen molar-refractivity contribution in [1.29, 1.82) is 0 Å². The number of carbonyl (C=O) groups is 2. The molecule has 1 aromatic carbocycles. The van der Waals surface area contributed by atoms with Crippen molar-refractivity contribution < 1.29 is 14.3 Å². The van der Waals surface area contributed by atoms with Gasteiger partial charge in [-0.1, -0.05) is 12.1 Å². The van der Waals surface area contributed by atoms with Gasteiger partial charge in [-0.3, -0.25) is 4.79 Å². The van der Waals surface area contributed by atoms with Gasteiger partial charge in [-0.25, -0.2) is 4.79 Å². The van der Waals surface area contributed by atoms with Crippen molar-refractivity contribution in [3.05, 3.63) is 35.5 Å². The monoisotopic (exact) mass is 272 g/mol. The average molecular weight is 272 g/mol. The molecule has 20 heavy (non-hydrogen) atoms. The minimum atomic E-state index is -0.637. The van der Waals surface area contributed by atoms with Crippen LogP contribution in [0.3, 0.4) is 0 Å². The highest BCUT2D eigenvalue weighted by Gasteiger charge is 2.30. The summed E-state index contributed by atoms with van der Waals surface area (Å²) in [5.41, 5.74) is 3.00. The predicted molar refractivity (Wildman–Crippen MR) is 74.4 cm³/mol. The first-order valence-corrected chi connectivity index (χ1v) is 6.59. The number of aromatic nitrogens is 1. The number of carbonyl (C=O) groups excluding carboxylic acids is 2. The largest absolute Gasteiger partial charge is 0.467 e. The maximum absolute atomic E-state index is 12.2. The van der Waals surface area contributed by atoms with Crippen LogP contribution in [0.5, 0.6) is 0 Å². The van der Waals surface area contributed by atoms with E-state index in [1.165, 1.54) is 7.11 Å². The lowest BCUT2D eigenvalue weighted by Crippen LogP contribution is -2.45. The Hall–Kier alpha value is -2.30. The van der Waals surface area contributed by atoms with E-state index in [-0.39, 0.29) is 11.8 Å². The van der Waals surface area contributed by atoms with Gasteiger partial charge in [-0.15, -0.1) is 0 Å². The maximum Gasteiger partial charge on any atom is 0.328 e. The highest BCUT2D eigenvalue weighted by atomic mass is 16.5. The Morgan fingerprint density at radius 2 is 2.20 bits per heavy atom. The summed E-state index contributed by atoms with van der Waals surface area (Å²) >= 11 is 0. The molecule has 2 N–H and O–H groups in total. The second-order valence-electron chi connectivity index (χ2n) is 5.09. The topological polar surface area (TPSA) is 71.2 Å². The summed E-state index contributed by atoms with van der Waals surface area (Å²) in [5, 5.41) is 3.81. The number of rotatable bonds is 1. The number of hydrogen-bond donors (Lipinski definition) is 2. The molecular formula is C15H16N2O3. The Morgan fingerprint density at radius 3 is 2.95 bits per heavy atom. The van der Waals surface area contributed by atoms with E-state index in [2.05, 4.69) is 10.3 Å². The minimum Gasteiger partial charge on any atom is -0.467 e. The van der Waals surface area contributed by atoms with Crippen LogP contribution in [0.1, 0.15) is 24.0 Å². The minimum absolute atomic E-state index is 0.153. The van der Waals surface area contributed by atoms with Gasteiger partial charge in [0.2, 0.25) is 5.91 Å². The molecule has 0 bridgehead atoms. The molecule has 5 nitrogen and oxygen atoms in total. The van der Waals surface area contributed by atoms with Crippen LogP contribution in [0.4, 0.5) is 0 Å². The third kappa shape index (κ3) is 1.86. The van der Waals surface area contributed by atoms with Gasteiger partial charge in [0.05, 0.1) is 13.0 Å². The van der Waals surface area contributed by atoms with Crippen molar-refractivity contribution in [1.82, 2.24) is 10.3 Å². The summed E-state index contributed by atoms with van der Waals surface area (Å²) in [6.45, 7) is 1.85. The van der Waals surface area contributed by atoms with E-state index < -0.39 is 12.0 Å². The fraction of sp³-hybridized carbons (Fsp3) is 0.333. The van der Waals surface area contributed by atoms with Crippen LogP contribution in [0, 0.1) is 0 Å². The van der Waals surface area contributed by atoms with Crippen LogP contribution < -0.4 is 5.32 Å². The van der Waals surface area contributed by atoms with E-state index in [0.717, 1.165) is 22.0 Å². The molecule has 0 saturated heterocycles. The SMILES string of the molecule is COC(=O)C1Cc2c[nH]c3cccc(c23)C(C)C(=O)N1. The number of ether oxygens (including phenoxy) is 1. The standard InChI is InChI=1S/C15H16N2O3/c1-8-10-4-3-5-11-13(10)9(7-16-11)6-12(15(19)20-2)17-14(8)18/h3-5,7-8,12,16H,6H2,1-2H3,(H,17,18). The Morgan fingerprint density at radius 1 is 1.40 bits per heavy atom. The Bertz CT molecular complexity index is 689. The lowest BCUT2D eigenvalue weighted by Gasteiger charge is -2.23. The van der Waals surface area contributed by atoms with E-state index in [1.54, 1.807) is 0 Å². The van der Waals surface area contributed by atoms with Gasteiger partial charge in [-0.2, -0.15) is 0 Å². The second-order valence-corrected chi connectivity index (χ2v) is 5.09. The summed E-state index contributed by atoms with van der Waals surface area (Å²) in [4.78, 5) is 27.2. The molecule has 3 rings (SSSR count). The molecule has 0 saturated carbocycles. The molecule has 1 amide bonds. The molecule has 0 fully saturated rings. The van der Waals surface area contributed by atoms with Crippen molar-refractivity contribution in [3.8, 4) is 0 Å². The summed E-state index contributed by atoms with van der Waals surface area (Å²) in [5.74, 6) is -0.875. The van der Waals surface area contributed by atoms with Crippen molar-refractivity contribution >= 4 is 22.8 Å². The molecule has 1 aliphatic rings. The molecule has 1 aliphatic heterocycles. The number of amides is 1. The van der Waals surface area contributed by atoms with Gasteiger partial charge in [0, 0.05) is 23.5 Å². The first kappa shape index (κ1) is 12.7. The smallest absolute Gasteiger partial charge is 0.328 e. The van der Waals surface area contributed by atoms with Crippen LogP contribution in [-0.4, -0.2) is 30.0 Å². The zero-order chi connectivity index (χ0) is 14.3. The van der Waals surface area contributed by atoms with E-state index >= 15 is 0 Å². The highest BCUT2D eigenvalue weighted by molar-refractivity contribution is 5.96. The summed E-state index contributed by atoms with van der Waals surface area (Å²) in [6, 6.07) is 5.23. The van der Waals surface area contributed by atoms with Gasteiger partial charge < -0.3 is 15.0 Å². The zero-order valence-corrected chi connectivity index (χ0v) is 11.4. The molecule has 1 aromatic heterocycles. The van der Waals surface area contributed by atoms with Crippen molar-refractivity contribution in [2.45, 2.75) is 25.3 Å². The first-order chi connectivity index (χ1) is 9.61. The Balaban J connectivity index is 2.17. The third-order valence-electron chi connectivity index (χ3n) is 3.91. The number of benzene rings is 1. The van der Waals surface area contributed by atoms with Gasteiger partial charge in [0.1, 0.15) is 6.04 Å². The van der Waals surface area contributed by atoms with Crippen LogP contribution in [0.15, 0.2) is 24.4 Å². The second kappa shape index (κ2) is 4.67. The number of H-pyrrole nitrogens is 1. The third-order valence-corrected chi connectivity index (χ3v) is 3.91. The number of esters is 1. The van der Waals surface area contributed by atoms with Crippen LogP contribution in [0.2, 0.25) is 0 Å². The van der Waals surface area contributed by atoms with E-state index in [9.17, 15) is 9.59 Å². The molecule has 0 spiro atoms. The molecule has 0 aliphatic carbocycles. The van der Waals surface area contributed by atoms with Gasteiger partial charge in [0.25, 0.3) is 0 Å². The quantitative estimate of drug-likeness (QED) is 0.773. The summed E-state index contributed by atoms with van der Waals surface area (Å²) in [7, 11) is 1.33. The normalized spacial score (nSPS) is 22.0. The van der Waals surface area contributed by atoms with Crippen molar-refractivity contribution in [3.63, 3.8) is 0 Å². The zero-order valence-electron chi connectivity index (χ0n) is 11.4. The fourth-order valence-electron chi connectivity index (χ4n) is 2.80. The number of methoxy groups -OCH3 is 1. The summed E-state index contributed by atoms with van der Waals surface area (Å²) < 4.78 is 4.77.